The summed E-state index contributed by atoms with van der Waals surface area (Å²) in [6, 6.07) is 0. The van der Waals surface area contributed by atoms with E-state index in [4.69, 9.17) is 0 Å². The zero-order chi connectivity index (χ0) is 8.48. The number of hydrogen-bond acceptors (Lipinski definition) is 1. The number of aliphatic hydroxyl groups is 1. The second kappa shape index (κ2) is 2.98. The fourth-order valence-electron chi connectivity index (χ4n) is 1.85. The van der Waals surface area contributed by atoms with E-state index < -0.39 is 0 Å². The van der Waals surface area contributed by atoms with Crippen LogP contribution in [0.2, 0.25) is 0 Å². The molecule has 0 spiro atoms. The van der Waals surface area contributed by atoms with E-state index in [1.807, 2.05) is 0 Å². The molecule has 64 valence electrons. The normalized spacial score (nSPS) is 29.8. The Morgan fingerprint density at radius 3 is 2.73 bits per heavy atom. The average Bonchev–Trinajstić information content (AvgIpc) is 1.95. The molecule has 0 heterocycles. The zero-order valence-corrected chi connectivity index (χ0v) is 7.72. The van der Waals surface area contributed by atoms with Crippen molar-refractivity contribution in [2.45, 2.75) is 46.1 Å². The van der Waals surface area contributed by atoms with Crippen LogP contribution >= 0.6 is 0 Å². The van der Waals surface area contributed by atoms with Crippen LogP contribution in [0.4, 0.5) is 0 Å². The van der Waals surface area contributed by atoms with Gasteiger partial charge in [0.2, 0.25) is 0 Å². The van der Waals surface area contributed by atoms with Crippen LogP contribution in [0.1, 0.15) is 40.0 Å². The molecule has 0 saturated heterocycles. The molecule has 0 saturated carbocycles. The van der Waals surface area contributed by atoms with E-state index in [1.165, 1.54) is 5.57 Å². The molecule has 0 aromatic rings. The summed E-state index contributed by atoms with van der Waals surface area (Å²) in [5, 5.41) is 9.70. The van der Waals surface area contributed by atoms with E-state index >= 15 is 0 Å². The molecule has 1 heteroatoms. The highest BCUT2D eigenvalue weighted by Gasteiger charge is 2.32. The molecule has 11 heavy (non-hydrogen) atoms. The summed E-state index contributed by atoms with van der Waals surface area (Å²) >= 11 is 0. The minimum Gasteiger partial charge on any atom is -0.392 e. The van der Waals surface area contributed by atoms with Crippen molar-refractivity contribution in [3.8, 4) is 0 Å². The standard InChI is InChI=1S/C10H18O/c1-4-8-6-5-7-9(11)10(8,2)3/h6,9,11H,4-5,7H2,1-3H3. The highest BCUT2D eigenvalue weighted by atomic mass is 16.3. The van der Waals surface area contributed by atoms with E-state index in [0.29, 0.717) is 0 Å². The van der Waals surface area contributed by atoms with Crippen LogP contribution in [0.25, 0.3) is 0 Å². The maximum atomic E-state index is 9.70. The quantitative estimate of drug-likeness (QED) is 0.575. The largest absolute Gasteiger partial charge is 0.392 e. The Bertz CT molecular complexity index is 168. The van der Waals surface area contributed by atoms with Crippen molar-refractivity contribution in [1.29, 1.82) is 0 Å². The topological polar surface area (TPSA) is 20.2 Å². The molecule has 1 unspecified atom stereocenters. The van der Waals surface area contributed by atoms with Gasteiger partial charge in [-0.2, -0.15) is 0 Å². The molecule has 0 bridgehead atoms. The maximum Gasteiger partial charge on any atom is 0.0631 e. The Balaban J connectivity index is 2.84. The fraction of sp³-hybridized carbons (Fsp3) is 0.800. The predicted octanol–water partition coefficient (Wildman–Crippen LogP) is 2.50. The molecule has 1 aliphatic carbocycles. The van der Waals surface area contributed by atoms with Gasteiger partial charge in [0, 0.05) is 5.41 Å². The monoisotopic (exact) mass is 154 g/mol. The Labute approximate surface area is 69.1 Å². The summed E-state index contributed by atoms with van der Waals surface area (Å²) in [6.07, 6.45) is 5.20. The molecule has 1 rings (SSSR count). The van der Waals surface area contributed by atoms with Gasteiger partial charge in [0.05, 0.1) is 6.10 Å². The van der Waals surface area contributed by atoms with Gasteiger partial charge in [0.25, 0.3) is 0 Å². The number of allylic oxidation sites excluding steroid dienone is 1. The Morgan fingerprint density at radius 2 is 2.27 bits per heavy atom. The maximum absolute atomic E-state index is 9.70. The highest BCUT2D eigenvalue weighted by molar-refractivity contribution is 5.17. The van der Waals surface area contributed by atoms with Crippen LogP contribution < -0.4 is 0 Å². The molecule has 0 aromatic heterocycles. The van der Waals surface area contributed by atoms with E-state index in [2.05, 4.69) is 26.8 Å². The lowest BCUT2D eigenvalue weighted by Gasteiger charge is -2.36. The SMILES string of the molecule is CCC1=CCCC(O)C1(C)C. The zero-order valence-electron chi connectivity index (χ0n) is 7.72. The van der Waals surface area contributed by atoms with Gasteiger partial charge < -0.3 is 5.11 Å². The first-order valence-corrected chi connectivity index (χ1v) is 4.46. The highest BCUT2D eigenvalue weighted by Crippen LogP contribution is 2.38. The van der Waals surface area contributed by atoms with Crippen molar-refractivity contribution >= 4 is 0 Å². The van der Waals surface area contributed by atoms with Gasteiger partial charge in [-0.05, 0) is 19.3 Å². The third-order valence-electron chi connectivity index (χ3n) is 2.87. The molecule has 0 aromatic carbocycles. The molecule has 1 N–H and O–H groups in total. The summed E-state index contributed by atoms with van der Waals surface area (Å²) in [5.41, 5.74) is 1.43. The number of hydrogen-bond donors (Lipinski definition) is 1. The minimum atomic E-state index is -0.137. The van der Waals surface area contributed by atoms with Gasteiger partial charge in [0.1, 0.15) is 0 Å². The van der Waals surface area contributed by atoms with Crippen molar-refractivity contribution in [2.24, 2.45) is 5.41 Å². The van der Waals surface area contributed by atoms with Crippen LogP contribution in [-0.2, 0) is 0 Å². The van der Waals surface area contributed by atoms with Crippen LogP contribution in [0, 0.1) is 5.41 Å². The van der Waals surface area contributed by atoms with Gasteiger partial charge in [0.15, 0.2) is 0 Å². The van der Waals surface area contributed by atoms with Gasteiger partial charge >= 0.3 is 0 Å². The summed E-state index contributed by atoms with van der Waals surface area (Å²) in [7, 11) is 0. The van der Waals surface area contributed by atoms with E-state index in [9.17, 15) is 5.11 Å². The van der Waals surface area contributed by atoms with Gasteiger partial charge in [-0.25, -0.2) is 0 Å². The van der Waals surface area contributed by atoms with E-state index in [0.717, 1.165) is 19.3 Å². The molecule has 0 fully saturated rings. The van der Waals surface area contributed by atoms with Gasteiger partial charge in [-0.3, -0.25) is 0 Å². The first-order chi connectivity index (χ1) is 5.09. The van der Waals surface area contributed by atoms with Crippen LogP contribution in [0.5, 0.6) is 0 Å². The summed E-state index contributed by atoms with van der Waals surface area (Å²) in [5.74, 6) is 0. The molecular formula is C10H18O. The van der Waals surface area contributed by atoms with Gasteiger partial charge in [-0.1, -0.05) is 32.4 Å². The molecule has 0 aliphatic heterocycles. The van der Waals surface area contributed by atoms with Crippen molar-refractivity contribution in [1.82, 2.24) is 0 Å². The molecule has 1 nitrogen and oxygen atoms in total. The lowest BCUT2D eigenvalue weighted by atomic mass is 9.72. The second-order valence-electron chi connectivity index (χ2n) is 3.90. The fourth-order valence-corrected chi connectivity index (χ4v) is 1.85. The van der Waals surface area contributed by atoms with Crippen molar-refractivity contribution in [2.75, 3.05) is 0 Å². The lowest BCUT2D eigenvalue weighted by molar-refractivity contribution is 0.0587. The predicted molar refractivity (Wildman–Crippen MR) is 47.4 cm³/mol. The van der Waals surface area contributed by atoms with E-state index in [-0.39, 0.29) is 11.5 Å². The van der Waals surface area contributed by atoms with Crippen molar-refractivity contribution in [3.05, 3.63) is 11.6 Å². The summed E-state index contributed by atoms with van der Waals surface area (Å²) in [4.78, 5) is 0. The molecular weight excluding hydrogens is 136 g/mol. The second-order valence-corrected chi connectivity index (χ2v) is 3.90. The van der Waals surface area contributed by atoms with Crippen molar-refractivity contribution < 1.29 is 5.11 Å². The number of rotatable bonds is 1. The third kappa shape index (κ3) is 1.48. The lowest BCUT2D eigenvalue weighted by Crippen LogP contribution is -2.33. The third-order valence-corrected chi connectivity index (χ3v) is 2.87. The number of aliphatic hydroxyl groups excluding tert-OH is 1. The smallest absolute Gasteiger partial charge is 0.0631 e. The van der Waals surface area contributed by atoms with Crippen LogP contribution in [0.15, 0.2) is 11.6 Å². The van der Waals surface area contributed by atoms with Gasteiger partial charge in [-0.15, -0.1) is 0 Å². The minimum absolute atomic E-state index is 0.0208. The molecule has 0 amide bonds. The first-order valence-electron chi connectivity index (χ1n) is 4.46. The Hall–Kier alpha value is -0.300. The summed E-state index contributed by atoms with van der Waals surface area (Å²) < 4.78 is 0. The van der Waals surface area contributed by atoms with Crippen molar-refractivity contribution in [3.63, 3.8) is 0 Å². The Kier molecular flexibility index (Phi) is 2.38. The molecule has 1 atom stereocenters. The van der Waals surface area contributed by atoms with Crippen LogP contribution in [0.3, 0.4) is 0 Å². The first kappa shape index (κ1) is 8.79. The van der Waals surface area contributed by atoms with E-state index in [1.54, 1.807) is 0 Å². The van der Waals surface area contributed by atoms with Crippen LogP contribution in [-0.4, -0.2) is 11.2 Å². The molecule has 0 radical (unpaired) electrons. The Morgan fingerprint density at radius 1 is 1.64 bits per heavy atom. The average molecular weight is 154 g/mol. The summed E-state index contributed by atoms with van der Waals surface area (Å²) in [6.45, 7) is 6.42. The molecule has 1 aliphatic rings.